The molecule has 0 radical (unpaired) electrons. The summed E-state index contributed by atoms with van der Waals surface area (Å²) >= 11 is 0. The van der Waals surface area contributed by atoms with Gasteiger partial charge >= 0.3 is 0 Å². The summed E-state index contributed by atoms with van der Waals surface area (Å²) in [5.74, 6) is 2.92. The number of benzene rings is 1. The first-order valence-corrected chi connectivity index (χ1v) is 7.71. The molecule has 1 saturated carbocycles. The maximum Gasteiger partial charge on any atom is 0.126 e. The molecule has 2 aliphatic rings. The Morgan fingerprint density at radius 3 is 2.95 bits per heavy atom. The first-order chi connectivity index (χ1) is 9.25. The zero-order valence-corrected chi connectivity index (χ0v) is 12.1. The molecule has 1 N–H and O–H groups in total. The summed E-state index contributed by atoms with van der Waals surface area (Å²) in [6.45, 7) is 6.53. The van der Waals surface area contributed by atoms with Crippen molar-refractivity contribution in [2.45, 2.75) is 45.6 Å². The first kappa shape index (κ1) is 13.0. The Morgan fingerprint density at radius 2 is 2.16 bits per heavy atom. The fourth-order valence-corrected chi connectivity index (χ4v) is 3.14. The number of aryl methyl sites for hydroxylation is 1. The van der Waals surface area contributed by atoms with Crippen molar-refractivity contribution < 1.29 is 4.74 Å². The number of rotatable bonds is 4. The Kier molecular flexibility index (Phi) is 3.79. The molecule has 2 nitrogen and oxygen atoms in total. The van der Waals surface area contributed by atoms with Gasteiger partial charge in [0.15, 0.2) is 0 Å². The van der Waals surface area contributed by atoms with E-state index in [1.165, 1.54) is 30.4 Å². The van der Waals surface area contributed by atoms with Crippen molar-refractivity contribution in [1.82, 2.24) is 5.32 Å². The molecule has 1 aliphatic heterocycles. The van der Waals surface area contributed by atoms with Crippen molar-refractivity contribution in [2.24, 2.45) is 11.8 Å². The van der Waals surface area contributed by atoms with Gasteiger partial charge in [0.05, 0.1) is 6.61 Å². The predicted molar refractivity (Wildman–Crippen MR) is 78.5 cm³/mol. The van der Waals surface area contributed by atoms with Gasteiger partial charge in [0.1, 0.15) is 5.75 Å². The fourth-order valence-electron chi connectivity index (χ4n) is 3.14. The quantitative estimate of drug-likeness (QED) is 0.887. The number of fused-ring (bicyclic) bond motifs is 1. The van der Waals surface area contributed by atoms with Crippen LogP contribution in [-0.4, -0.2) is 13.2 Å². The van der Waals surface area contributed by atoms with Gasteiger partial charge in [-0.2, -0.15) is 0 Å². The van der Waals surface area contributed by atoms with Crippen LogP contribution in [0.4, 0.5) is 0 Å². The molecule has 1 aromatic carbocycles. The molecule has 1 heterocycles. The van der Waals surface area contributed by atoms with Crippen LogP contribution in [0.15, 0.2) is 18.2 Å². The summed E-state index contributed by atoms with van der Waals surface area (Å²) in [6, 6.07) is 7.00. The van der Waals surface area contributed by atoms with Crippen LogP contribution in [0.5, 0.6) is 5.75 Å². The van der Waals surface area contributed by atoms with E-state index in [9.17, 15) is 0 Å². The summed E-state index contributed by atoms with van der Waals surface area (Å²) in [4.78, 5) is 0. The third-order valence-electron chi connectivity index (χ3n) is 4.61. The van der Waals surface area contributed by atoms with E-state index in [0.29, 0.717) is 6.04 Å². The highest BCUT2D eigenvalue weighted by molar-refractivity contribution is 5.43. The summed E-state index contributed by atoms with van der Waals surface area (Å²) in [5.41, 5.74) is 2.63. The molecule has 0 bridgehead atoms. The lowest BCUT2D eigenvalue weighted by molar-refractivity contribution is 0.312. The summed E-state index contributed by atoms with van der Waals surface area (Å²) < 4.78 is 5.94. The van der Waals surface area contributed by atoms with Crippen molar-refractivity contribution in [1.29, 1.82) is 0 Å². The highest BCUT2D eigenvalue weighted by Gasteiger charge is 2.28. The molecule has 2 unspecified atom stereocenters. The number of ether oxygens (including phenoxy) is 1. The zero-order chi connectivity index (χ0) is 13.2. The van der Waals surface area contributed by atoms with E-state index in [0.717, 1.165) is 37.2 Å². The highest BCUT2D eigenvalue weighted by atomic mass is 16.5. The number of hydrogen-bond donors (Lipinski definition) is 1. The van der Waals surface area contributed by atoms with Crippen LogP contribution in [-0.2, 0) is 0 Å². The number of nitrogens with one attached hydrogen (secondary N) is 1. The summed E-state index contributed by atoms with van der Waals surface area (Å²) in [6.07, 6.45) is 5.20. The summed E-state index contributed by atoms with van der Waals surface area (Å²) in [7, 11) is 0. The Balaban J connectivity index is 1.72. The van der Waals surface area contributed by atoms with Gasteiger partial charge in [-0.05, 0) is 56.6 Å². The third kappa shape index (κ3) is 2.94. The van der Waals surface area contributed by atoms with Gasteiger partial charge in [-0.3, -0.25) is 0 Å². The fraction of sp³-hybridized carbons (Fsp3) is 0.647. The zero-order valence-electron chi connectivity index (χ0n) is 12.1. The predicted octanol–water partition coefficient (Wildman–Crippen LogP) is 3.84. The molecule has 0 aromatic heterocycles. The highest BCUT2D eigenvalue weighted by Crippen LogP contribution is 2.37. The van der Waals surface area contributed by atoms with Crippen molar-refractivity contribution in [3.05, 3.63) is 29.3 Å². The van der Waals surface area contributed by atoms with E-state index in [2.05, 4.69) is 37.4 Å². The van der Waals surface area contributed by atoms with Crippen molar-refractivity contribution >= 4 is 0 Å². The molecular weight excluding hydrogens is 234 g/mol. The van der Waals surface area contributed by atoms with Crippen LogP contribution in [0.1, 0.15) is 49.8 Å². The molecular formula is C17H25NO. The van der Waals surface area contributed by atoms with Crippen molar-refractivity contribution in [3.8, 4) is 5.75 Å². The normalized spacial score (nSPS) is 24.2. The Bertz CT molecular complexity index is 439. The maximum atomic E-state index is 5.94. The molecule has 0 spiro atoms. The van der Waals surface area contributed by atoms with Gasteiger partial charge in [-0.25, -0.2) is 0 Å². The molecule has 1 aliphatic carbocycles. The smallest absolute Gasteiger partial charge is 0.126 e. The van der Waals surface area contributed by atoms with Gasteiger partial charge in [0.2, 0.25) is 0 Å². The number of hydrogen-bond acceptors (Lipinski definition) is 2. The largest absolute Gasteiger partial charge is 0.493 e. The van der Waals surface area contributed by atoms with Crippen LogP contribution in [0, 0.1) is 18.8 Å². The van der Waals surface area contributed by atoms with Crippen LogP contribution >= 0.6 is 0 Å². The van der Waals surface area contributed by atoms with E-state index in [1.54, 1.807) is 0 Å². The molecule has 2 atom stereocenters. The van der Waals surface area contributed by atoms with Gasteiger partial charge < -0.3 is 10.1 Å². The average molecular weight is 259 g/mol. The van der Waals surface area contributed by atoms with Crippen molar-refractivity contribution in [3.63, 3.8) is 0 Å². The van der Waals surface area contributed by atoms with E-state index in [4.69, 9.17) is 4.74 Å². The van der Waals surface area contributed by atoms with Crippen LogP contribution < -0.4 is 10.1 Å². The lowest BCUT2D eigenvalue weighted by Crippen LogP contribution is -2.27. The maximum absolute atomic E-state index is 5.94. The SMILES string of the molecule is Cc1cccc2c1OCCCC2NCC(C)C1CC1. The molecule has 3 rings (SSSR count). The summed E-state index contributed by atoms with van der Waals surface area (Å²) in [5, 5.41) is 3.79. The topological polar surface area (TPSA) is 21.3 Å². The molecule has 0 saturated heterocycles. The van der Waals surface area contributed by atoms with E-state index in [-0.39, 0.29) is 0 Å². The minimum atomic E-state index is 0.471. The Morgan fingerprint density at radius 1 is 1.32 bits per heavy atom. The third-order valence-corrected chi connectivity index (χ3v) is 4.61. The minimum absolute atomic E-state index is 0.471. The van der Waals surface area contributed by atoms with Gasteiger partial charge in [-0.15, -0.1) is 0 Å². The second-order valence-corrected chi connectivity index (χ2v) is 6.26. The second-order valence-electron chi connectivity index (χ2n) is 6.26. The van der Waals surface area contributed by atoms with E-state index in [1.807, 2.05) is 0 Å². The Labute approximate surface area is 116 Å². The van der Waals surface area contributed by atoms with E-state index >= 15 is 0 Å². The van der Waals surface area contributed by atoms with Crippen LogP contribution in [0.2, 0.25) is 0 Å². The minimum Gasteiger partial charge on any atom is -0.493 e. The lowest BCUT2D eigenvalue weighted by Gasteiger charge is -2.21. The molecule has 1 aromatic rings. The van der Waals surface area contributed by atoms with Gasteiger partial charge in [0, 0.05) is 11.6 Å². The molecule has 104 valence electrons. The lowest BCUT2D eigenvalue weighted by atomic mass is 9.98. The molecule has 1 fully saturated rings. The second kappa shape index (κ2) is 5.54. The standard InChI is InChI=1S/C17H25NO/c1-12-5-3-6-15-16(7-4-10-19-17(12)15)18-11-13(2)14-8-9-14/h3,5-6,13-14,16,18H,4,7-11H2,1-2H3. The van der Waals surface area contributed by atoms with Crippen LogP contribution in [0.25, 0.3) is 0 Å². The van der Waals surface area contributed by atoms with E-state index < -0.39 is 0 Å². The average Bonchev–Trinajstić information content (AvgIpc) is 3.23. The molecule has 0 amide bonds. The first-order valence-electron chi connectivity index (χ1n) is 7.71. The molecule has 19 heavy (non-hydrogen) atoms. The van der Waals surface area contributed by atoms with Gasteiger partial charge in [0.25, 0.3) is 0 Å². The van der Waals surface area contributed by atoms with Crippen molar-refractivity contribution in [2.75, 3.05) is 13.2 Å². The monoisotopic (exact) mass is 259 g/mol. The van der Waals surface area contributed by atoms with Gasteiger partial charge in [-0.1, -0.05) is 25.1 Å². The molecule has 2 heteroatoms. The van der Waals surface area contributed by atoms with Crippen LogP contribution in [0.3, 0.4) is 0 Å². The Hall–Kier alpha value is -1.02. The number of para-hydroxylation sites is 1.